The van der Waals surface area contributed by atoms with Crippen molar-refractivity contribution in [3.63, 3.8) is 0 Å². The second-order valence-electron chi connectivity index (χ2n) is 3.13. The Hall–Kier alpha value is -2.24. The number of carbonyl (C=O) groups is 1. The Bertz CT molecular complexity index is 547. The van der Waals surface area contributed by atoms with Crippen molar-refractivity contribution in [3.05, 3.63) is 24.0 Å². The molecule has 0 radical (unpaired) electrons. The van der Waals surface area contributed by atoms with Gasteiger partial charge in [0.1, 0.15) is 17.6 Å². The number of nitrogens with zero attached hydrogens (tertiary/aromatic N) is 2. The van der Waals surface area contributed by atoms with Gasteiger partial charge in [-0.2, -0.15) is 4.73 Å². The summed E-state index contributed by atoms with van der Waals surface area (Å²) in [6.07, 6.45) is 1.23. The van der Waals surface area contributed by atoms with Crippen molar-refractivity contribution in [1.29, 1.82) is 0 Å². The van der Waals surface area contributed by atoms with Crippen LogP contribution in [0.2, 0.25) is 0 Å². The third-order valence-corrected chi connectivity index (χ3v) is 2.23. The van der Waals surface area contributed by atoms with Crippen LogP contribution in [-0.2, 0) is 4.74 Å². The summed E-state index contributed by atoms with van der Waals surface area (Å²) in [5.74, 6) is -0.120. The Morgan fingerprint density at radius 3 is 2.81 bits per heavy atom. The third-order valence-electron chi connectivity index (χ3n) is 2.23. The van der Waals surface area contributed by atoms with Crippen molar-refractivity contribution in [1.82, 2.24) is 9.71 Å². The van der Waals surface area contributed by atoms with Crippen molar-refractivity contribution in [3.8, 4) is 5.75 Å². The normalized spacial score (nSPS) is 10.4. The number of esters is 1. The van der Waals surface area contributed by atoms with Gasteiger partial charge in [0.05, 0.1) is 25.3 Å². The highest BCUT2D eigenvalue weighted by Gasteiger charge is 2.14. The topological polar surface area (TPSA) is 73.6 Å². The number of aromatic nitrogens is 2. The molecule has 1 aromatic carbocycles. The van der Waals surface area contributed by atoms with Crippen LogP contribution >= 0.6 is 0 Å². The number of ether oxygens (including phenoxy) is 2. The molecule has 84 valence electrons. The Balaban J connectivity index is 2.69. The van der Waals surface area contributed by atoms with Crippen LogP contribution in [0.25, 0.3) is 11.0 Å². The largest absolute Gasteiger partial charge is 0.494 e. The molecule has 16 heavy (non-hydrogen) atoms. The second kappa shape index (κ2) is 3.73. The molecule has 0 spiro atoms. The van der Waals surface area contributed by atoms with E-state index in [4.69, 9.17) is 4.74 Å². The van der Waals surface area contributed by atoms with Gasteiger partial charge in [-0.05, 0) is 12.1 Å². The number of carbonyl (C=O) groups excluding carboxylic acids is 1. The second-order valence-corrected chi connectivity index (χ2v) is 3.13. The highest BCUT2D eigenvalue weighted by Crippen LogP contribution is 2.26. The molecule has 1 N–H and O–H groups in total. The van der Waals surface area contributed by atoms with E-state index in [1.807, 2.05) is 0 Å². The van der Waals surface area contributed by atoms with Crippen LogP contribution in [0.1, 0.15) is 10.4 Å². The van der Waals surface area contributed by atoms with E-state index in [0.29, 0.717) is 22.3 Å². The SMILES string of the molecule is COC(=O)c1cc(OC)c2c(c1)ncn2O. The predicted molar refractivity (Wildman–Crippen MR) is 54.8 cm³/mol. The van der Waals surface area contributed by atoms with Gasteiger partial charge >= 0.3 is 5.97 Å². The summed E-state index contributed by atoms with van der Waals surface area (Å²) < 4.78 is 10.5. The molecule has 0 amide bonds. The highest BCUT2D eigenvalue weighted by molar-refractivity contribution is 5.95. The van der Waals surface area contributed by atoms with Gasteiger partial charge in [0.25, 0.3) is 0 Å². The number of imidazole rings is 1. The monoisotopic (exact) mass is 222 g/mol. The average Bonchev–Trinajstić information content (AvgIpc) is 2.69. The van der Waals surface area contributed by atoms with Crippen LogP contribution in [-0.4, -0.2) is 35.1 Å². The molecule has 0 unspecified atom stereocenters. The zero-order valence-corrected chi connectivity index (χ0v) is 8.80. The molecule has 0 aliphatic carbocycles. The lowest BCUT2D eigenvalue weighted by molar-refractivity contribution is 0.0600. The van der Waals surface area contributed by atoms with Gasteiger partial charge in [0, 0.05) is 0 Å². The van der Waals surface area contributed by atoms with E-state index in [1.54, 1.807) is 0 Å². The third kappa shape index (κ3) is 1.44. The fourth-order valence-corrected chi connectivity index (χ4v) is 1.49. The van der Waals surface area contributed by atoms with Gasteiger partial charge in [-0.25, -0.2) is 9.78 Å². The number of hydrogen-bond acceptors (Lipinski definition) is 5. The zero-order valence-electron chi connectivity index (χ0n) is 8.80. The van der Waals surface area contributed by atoms with E-state index < -0.39 is 5.97 Å². The first-order valence-corrected chi connectivity index (χ1v) is 4.50. The van der Waals surface area contributed by atoms with Crippen molar-refractivity contribution >= 4 is 17.0 Å². The summed E-state index contributed by atoms with van der Waals surface area (Å²) in [5.41, 5.74) is 1.20. The maximum Gasteiger partial charge on any atom is 0.338 e. The van der Waals surface area contributed by atoms with Gasteiger partial charge in [0.2, 0.25) is 0 Å². The fraction of sp³-hybridized carbons (Fsp3) is 0.200. The minimum Gasteiger partial charge on any atom is -0.494 e. The lowest BCUT2D eigenvalue weighted by Gasteiger charge is -2.05. The first kappa shape index (κ1) is 10.3. The van der Waals surface area contributed by atoms with Crippen LogP contribution in [0.3, 0.4) is 0 Å². The molecule has 0 aliphatic rings. The molecule has 0 bridgehead atoms. The van der Waals surface area contributed by atoms with Crippen LogP contribution in [0.5, 0.6) is 5.75 Å². The first-order valence-electron chi connectivity index (χ1n) is 4.50. The standard InChI is InChI=1S/C10H10N2O4/c1-15-8-4-6(10(13)16-2)3-7-9(8)12(14)5-11-7/h3-5,14H,1-2H3. The van der Waals surface area contributed by atoms with Gasteiger partial charge < -0.3 is 14.7 Å². The van der Waals surface area contributed by atoms with E-state index in [2.05, 4.69) is 9.72 Å². The molecule has 0 saturated heterocycles. The molecule has 2 aromatic rings. The average molecular weight is 222 g/mol. The summed E-state index contributed by atoms with van der Waals surface area (Å²) in [5, 5.41) is 9.47. The zero-order chi connectivity index (χ0) is 11.7. The quantitative estimate of drug-likeness (QED) is 0.607. The highest BCUT2D eigenvalue weighted by atomic mass is 16.5. The van der Waals surface area contributed by atoms with Crippen LogP contribution in [0.15, 0.2) is 18.5 Å². The van der Waals surface area contributed by atoms with E-state index >= 15 is 0 Å². The lowest BCUT2D eigenvalue weighted by Crippen LogP contribution is -2.02. The van der Waals surface area contributed by atoms with E-state index in [0.717, 1.165) is 4.73 Å². The lowest BCUT2D eigenvalue weighted by atomic mass is 10.2. The van der Waals surface area contributed by atoms with Gasteiger partial charge in [-0.1, -0.05) is 0 Å². The molecule has 0 fully saturated rings. The number of hydrogen-bond donors (Lipinski definition) is 1. The number of benzene rings is 1. The fourth-order valence-electron chi connectivity index (χ4n) is 1.49. The molecular weight excluding hydrogens is 212 g/mol. The Kier molecular flexibility index (Phi) is 2.40. The summed E-state index contributed by atoms with van der Waals surface area (Å²) in [4.78, 5) is 15.3. The van der Waals surface area contributed by atoms with Gasteiger partial charge in [0.15, 0.2) is 0 Å². The number of rotatable bonds is 2. The molecule has 6 heteroatoms. The number of methoxy groups -OCH3 is 2. The summed E-state index contributed by atoms with van der Waals surface area (Å²) in [6.45, 7) is 0. The van der Waals surface area contributed by atoms with Crippen molar-refractivity contribution in [2.24, 2.45) is 0 Å². The minimum absolute atomic E-state index is 0.325. The molecule has 1 heterocycles. The summed E-state index contributed by atoms with van der Waals surface area (Å²) >= 11 is 0. The van der Waals surface area contributed by atoms with Crippen molar-refractivity contribution < 1.29 is 19.5 Å². The van der Waals surface area contributed by atoms with Crippen LogP contribution in [0.4, 0.5) is 0 Å². The predicted octanol–water partition coefficient (Wildman–Crippen LogP) is 1.07. The van der Waals surface area contributed by atoms with E-state index in [9.17, 15) is 10.0 Å². The Morgan fingerprint density at radius 1 is 1.44 bits per heavy atom. The van der Waals surface area contributed by atoms with E-state index in [-0.39, 0.29) is 0 Å². The maximum absolute atomic E-state index is 11.4. The molecule has 2 rings (SSSR count). The molecule has 0 atom stereocenters. The Labute approximate surface area is 91.0 Å². The smallest absolute Gasteiger partial charge is 0.338 e. The maximum atomic E-state index is 11.4. The summed E-state index contributed by atoms with van der Waals surface area (Å²) in [6, 6.07) is 3.01. The minimum atomic E-state index is -0.479. The molecule has 0 saturated carbocycles. The van der Waals surface area contributed by atoms with Crippen molar-refractivity contribution in [2.45, 2.75) is 0 Å². The molecule has 1 aromatic heterocycles. The van der Waals surface area contributed by atoms with E-state index in [1.165, 1.54) is 32.7 Å². The molecular formula is C10H10N2O4. The molecule has 0 aliphatic heterocycles. The summed E-state index contributed by atoms with van der Waals surface area (Å²) in [7, 11) is 2.74. The number of fused-ring (bicyclic) bond motifs is 1. The van der Waals surface area contributed by atoms with Crippen LogP contribution in [0, 0.1) is 0 Å². The van der Waals surface area contributed by atoms with Crippen molar-refractivity contribution in [2.75, 3.05) is 14.2 Å². The molecule has 6 nitrogen and oxygen atoms in total. The first-order chi connectivity index (χ1) is 7.67. The Morgan fingerprint density at radius 2 is 2.19 bits per heavy atom. The van der Waals surface area contributed by atoms with Crippen LogP contribution < -0.4 is 4.74 Å². The van der Waals surface area contributed by atoms with Gasteiger partial charge in [-0.15, -0.1) is 0 Å². The van der Waals surface area contributed by atoms with Gasteiger partial charge in [-0.3, -0.25) is 0 Å².